The molecular formula is C19H16N4O2. The number of nitrogens with zero attached hydrogens (tertiary/aromatic N) is 3. The first-order valence-corrected chi connectivity index (χ1v) is 7.88. The fraction of sp³-hybridized carbons (Fsp3) is 0.158. The van der Waals surface area contributed by atoms with E-state index in [0.29, 0.717) is 30.2 Å². The summed E-state index contributed by atoms with van der Waals surface area (Å²) in [7, 11) is 0. The lowest BCUT2D eigenvalue weighted by Gasteiger charge is -2.04. The highest BCUT2D eigenvalue weighted by Crippen LogP contribution is 2.16. The lowest BCUT2D eigenvalue weighted by atomic mass is 10.1. The molecule has 0 aliphatic heterocycles. The average Bonchev–Trinajstić information content (AvgIpc) is 3.12. The van der Waals surface area contributed by atoms with Gasteiger partial charge in [-0.1, -0.05) is 47.6 Å². The Morgan fingerprint density at radius 1 is 1.12 bits per heavy atom. The quantitative estimate of drug-likeness (QED) is 0.747. The molecule has 0 fully saturated rings. The molecule has 0 atom stereocenters. The molecule has 3 rings (SSSR count). The Morgan fingerprint density at radius 2 is 1.88 bits per heavy atom. The van der Waals surface area contributed by atoms with Crippen LogP contribution in [0.5, 0.6) is 0 Å². The van der Waals surface area contributed by atoms with Crippen LogP contribution < -0.4 is 5.32 Å². The van der Waals surface area contributed by atoms with E-state index in [4.69, 9.17) is 9.78 Å². The van der Waals surface area contributed by atoms with Gasteiger partial charge in [-0.3, -0.25) is 4.79 Å². The summed E-state index contributed by atoms with van der Waals surface area (Å²) >= 11 is 0. The highest BCUT2D eigenvalue weighted by Gasteiger charge is 2.10. The molecule has 1 heterocycles. The number of aromatic nitrogens is 2. The number of hydrogen-bond acceptors (Lipinski definition) is 5. The van der Waals surface area contributed by atoms with E-state index in [1.807, 2.05) is 42.5 Å². The van der Waals surface area contributed by atoms with Gasteiger partial charge in [-0.25, -0.2) is 0 Å². The molecule has 124 valence electrons. The number of anilines is 1. The first-order chi connectivity index (χ1) is 12.2. The van der Waals surface area contributed by atoms with Crippen LogP contribution in [0.3, 0.4) is 0 Å². The monoisotopic (exact) mass is 332 g/mol. The number of carbonyl (C=O) groups excluding carboxylic acids is 1. The summed E-state index contributed by atoms with van der Waals surface area (Å²) in [5.41, 5.74) is 2.49. The molecule has 6 heteroatoms. The van der Waals surface area contributed by atoms with Crippen LogP contribution in [-0.4, -0.2) is 16.0 Å². The van der Waals surface area contributed by atoms with Crippen molar-refractivity contribution in [3.63, 3.8) is 0 Å². The van der Waals surface area contributed by atoms with E-state index in [0.717, 1.165) is 11.1 Å². The van der Waals surface area contributed by atoms with Crippen molar-refractivity contribution in [3.8, 4) is 17.5 Å². The Balaban J connectivity index is 1.52. The third-order valence-electron chi connectivity index (χ3n) is 3.59. The molecule has 1 aromatic heterocycles. The van der Waals surface area contributed by atoms with Crippen LogP contribution in [0.25, 0.3) is 11.4 Å². The summed E-state index contributed by atoms with van der Waals surface area (Å²) in [6, 6.07) is 18.8. The Kier molecular flexibility index (Phi) is 5.17. The van der Waals surface area contributed by atoms with Gasteiger partial charge in [0.05, 0.1) is 12.5 Å². The highest BCUT2D eigenvalue weighted by molar-refractivity contribution is 5.90. The zero-order valence-electron chi connectivity index (χ0n) is 13.5. The van der Waals surface area contributed by atoms with E-state index in [1.165, 1.54) is 0 Å². The van der Waals surface area contributed by atoms with Gasteiger partial charge in [0.15, 0.2) is 0 Å². The van der Waals surface area contributed by atoms with Crippen LogP contribution in [0.2, 0.25) is 0 Å². The SMILES string of the molecule is N#CCc1ccc(NC(=O)CCc2nc(-c3ccccc3)no2)cc1. The predicted octanol–water partition coefficient (Wildman–Crippen LogP) is 3.37. The summed E-state index contributed by atoms with van der Waals surface area (Å²) in [5, 5.41) is 15.4. The predicted molar refractivity (Wildman–Crippen MR) is 92.4 cm³/mol. The summed E-state index contributed by atoms with van der Waals surface area (Å²) < 4.78 is 5.19. The lowest BCUT2D eigenvalue weighted by molar-refractivity contribution is -0.116. The van der Waals surface area contributed by atoms with Gasteiger partial charge in [-0.05, 0) is 17.7 Å². The third-order valence-corrected chi connectivity index (χ3v) is 3.59. The van der Waals surface area contributed by atoms with Crippen molar-refractivity contribution in [1.82, 2.24) is 10.1 Å². The zero-order chi connectivity index (χ0) is 17.5. The standard InChI is InChI=1S/C19H16N4O2/c20-13-12-14-6-8-16(9-7-14)21-17(24)10-11-18-22-19(23-25-18)15-4-2-1-3-5-15/h1-9H,10-12H2,(H,21,24). The van der Waals surface area contributed by atoms with Gasteiger partial charge < -0.3 is 9.84 Å². The smallest absolute Gasteiger partial charge is 0.227 e. The molecule has 3 aromatic rings. The third kappa shape index (κ3) is 4.52. The van der Waals surface area contributed by atoms with Crippen LogP contribution in [0.4, 0.5) is 5.69 Å². The topological polar surface area (TPSA) is 91.8 Å². The van der Waals surface area contributed by atoms with Crippen molar-refractivity contribution in [2.45, 2.75) is 19.3 Å². The second-order valence-corrected chi connectivity index (χ2v) is 5.46. The minimum Gasteiger partial charge on any atom is -0.339 e. The molecule has 25 heavy (non-hydrogen) atoms. The zero-order valence-corrected chi connectivity index (χ0v) is 13.5. The maximum atomic E-state index is 12.0. The van der Waals surface area contributed by atoms with Gasteiger partial charge in [0, 0.05) is 24.1 Å². The molecule has 0 spiro atoms. The number of benzene rings is 2. The van der Waals surface area contributed by atoms with E-state index >= 15 is 0 Å². The second-order valence-electron chi connectivity index (χ2n) is 5.46. The number of aryl methyl sites for hydroxylation is 1. The van der Waals surface area contributed by atoms with Crippen LogP contribution in [-0.2, 0) is 17.6 Å². The Morgan fingerprint density at radius 3 is 2.60 bits per heavy atom. The molecule has 1 N–H and O–H groups in total. The normalized spacial score (nSPS) is 10.2. The molecule has 0 unspecified atom stereocenters. The minimum atomic E-state index is -0.132. The van der Waals surface area contributed by atoms with Crippen LogP contribution in [0.1, 0.15) is 17.9 Å². The number of carbonyl (C=O) groups is 1. The van der Waals surface area contributed by atoms with E-state index in [2.05, 4.69) is 21.5 Å². The molecule has 2 aromatic carbocycles. The average molecular weight is 332 g/mol. The Hall–Kier alpha value is -3.46. The number of hydrogen-bond donors (Lipinski definition) is 1. The fourth-order valence-electron chi connectivity index (χ4n) is 2.30. The first kappa shape index (κ1) is 16.4. The molecule has 0 saturated heterocycles. The second kappa shape index (κ2) is 7.88. The molecule has 1 amide bonds. The maximum absolute atomic E-state index is 12.0. The van der Waals surface area contributed by atoms with Gasteiger partial charge >= 0.3 is 0 Å². The van der Waals surface area contributed by atoms with Crippen molar-refractivity contribution in [2.24, 2.45) is 0 Å². The van der Waals surface area contributed by atoms with E-state index in [9.17, 15) is 4.79 Å². The van der Waals surface area contributed by atoms with Crippen LogP contribution >= 0.6 is 0 Å². The summed E-state index contributed by atoms with van der Waals surface area (Å²) in [5.74, 6) is 0.815. The number of rotatable bonds is 6. The minimum absolute atomic E-state index is 0.132. The van der Waals surface area contributed by atoms with Crippen molar-refractivity contribution in [1.29, 1.82) is 5.26 Å². The van der Waals surface area contributed by atoms with Gasteiger partial charge in [-0.2, -0.15) is 10.2 Å². The first-order valence-electron chi connectivity index (χ1n) is 7.88. The van der Waals surface area contributed by atoms with E-state index in [1.54, 1.807) is 12.1 Å². The molecular weight excluding hydrogens is 316 g/mol. The number of amides is 1. The lowest BCUT2D eigenvalue weighted by Crippen LogP contribution is -2.12. The van der Waals surface area contributed by atoms with Gasteiger partial charge in [-0.15, -0.1) is 0 Å². The van der Waals surface area contributed by atoms with Crippen molar-refractivity contribution in [2.75, 3.05) is 5.32 Å². The largest absolute Gasteiger partial charge is 0.339 e. The van der Waals surface area contributed by atoms with Gasteiger partial charge in [0.1, 0.15) is 0 Å². The van der Waals surface area contributed by atoms with Crippen molar-refractivity contribution in [3.05, 3.63) is 66.1 Å². The molecule has 0 aliphatic carbocycles. The molecule has 0 aliphatic rings. The summed E-state index contributed by atoms with van der Waals surface area (Å²) in [6.45, 7) is 0. The summed E-state index contributed by atoms with van der Waals surface area (Å²) in [4.78, 5) is 16.3. The number of nitriles is 1. The molecule has 6 nitrogen and oxygen atoms in total. The van der Waals surface area contributed by atoms with Crippen molar-refractivity contribution < 1.29 is 9.32 Å². The Bertz CT molecular complexity index is 880. The van der Waals surface area contributed by atoms with Crippen LogP contribution in [0.15, 0.2) is 59.1 Å². The Labute approximate surface area is 145 Å². The summed E-state index contributed by atoms with van der Waals surface area (Å²) in [6.07, 6.45) is 0.976. The van der Waals surface area contributed by atoms with Gasteiger partial charge in [0.2, 0.25) is 17.6 Å². The molecule has 0 radical (unpaired) electrons. The maximum Gasteiger partial charge on any atom is 0.227 e. The number of nitrogens with one attached hydrogen (secondary N) is 1. The highest BCUT2D eigenvalue weighted by atomic mass is 16.5. The molecule has 0 saturated carbocycles. The van der Waals surface area contributed by atoms with Gasteiger partial charge in [0.25, 0.3) is 0 Å². The van der Waals surface area contributed by atoms with E-state index < -0.39 is 0 Å². The van der Waals surface area contributed by atoms with Crippen molar-refractivity contribution >= 4 is 11.6 Å². The molecule has 0 bridgehead atoms. The van der Waals surface area contributed by atoms with Crippen LogP contribution in [0, 0.1) is 11.3 Å². The fourth-order valence-corrected chi connectivity index (χ4v) is 2.30. The van der Waals surface area contributed by atoms with E-state index in [-0.39, 0.29) is 12.3 Å².